The molecular weight excluding hydrogens is 913 g/mol. The summed E-state index contributed by atoms with van der Waals surface area (Å²) in [5, 5.41) is 9.64. The molecule has 0 fully saturated rings. The summed E-state index contributed by atoms with van der Waals surface area (Å²) < 4.78 is 5.85. The van der Waals surface area contributed by atoms with E-state index < -0.39 is 5.97 Å². The fourth-order valence-corrected chi connectivity index (χ4v) is 11.5. The Hall–Kier alpha value is -0.570. The maximum atomic E-state index is 11.7. The van der Waals surface area contributed by atoms with Crippen LogP contribution < -0.4 is 0 Å². The van der Waals surface area contributed by atoms with Crippen molar-refractivity contribution in [1.29, 1.82) is 0 Å². The number of unbranched alkanes of at least 4 members (excludes halogenated alkanes) is 58. The van der Waals surface area contributed by atoms with Crippen molar-refractivity contribution in [3.63, 3.8) is 0 Å². The molecule has 0 heterocycles. The van der Waals surface area contributed by atoms with Gasteiger partial charge in [0.05, 0.1) is 5.92 Å². The second-order valence-corrected chi connectivity index (χ2v) is 24.7. The molecule has 0 aliphatic heterocycles. The zero-order valence-electron chi connectivity index (χ0n) is 53.0. The van der Waals surface area contributed by atoms with Gasteiger partial charge in [0, 0.05) is 13.2 Å². The monoisotopic (exact) mass is 1060 g/mol. The number of aliphatic carboxylic acids is 1. The molecule has 3 heteroatoms. The van der Waals surface area contributed by atoms with Crippen molar-refractivity contribution in [2.75, 3.05) is 13.2 Å². The predicted molar refractivity (Wildman–Crippen MR) is 340 cm³/mol. The molecular formula is C72H146O3. The molecule has 3 nitrogen and oxygen atoms in total. The van der Waals surface area contributed by atoms with E-state index in [4.69, 9.17) is 4.74 Å². The number of rotatable bonds is 67. The third-order valence-electron chi connectivity index (χ3n) is 16.9. The van der Waals surface area contributed by atoms with Crippen LogP contribution in [-0.2, 0) is 9.53 Å². The van der Waals surface area contributed by atoms with Crippen LogP contribution in [0.15, 0.2) is 0 Å². The standard InChI is InChI=1S/C40H80O2.C32H66O/c1-3-5-7-9-11-13-15-17-19-21-22-24-26-28-30-32-34-36-38-39(40(41)42)37-35-33-31-29-27-25-23-20-18-16-14-12-10-8-6-4-2;1-3-5-7-9-11-13-15-17-19-21-23-25-27-29-31-33-32-30-28-26-24-22-20-18-16-14-12-10-8-6-4-2/h39H,3-38H2,1-2H3,(H,41,42);3-32H2,1-2H3. The van der Waals surface area contributed by atoms with E-state index in [1.165, 1.54) is 385 Å². The SMILES string of the molecule is CCCCCCCCCCCCCCCCCCCCC(CCCCCCCCCCCCCCCCCC)C(=O)O.CCCCCCCCCCCCCCCCOCCCCCCCCCCCCCCCC. The zero-order valence-corrected chi connectivity index (χ0v) is 53.0. The highest BCUT2D eigenvalue weighted by Crippen LogP contribution is 2.22. The minimum absolute atomic E-state index is 0.0993. The molecule has 0 spiro atoms. The van der Waals surface area contributed by atoms with Crippen molar-refractivity contribution in [3.05, 3.63) is 0 Å². The first-order valence-electron chi connectivity index (χ1n) is 35.9. The Balaban J connectivity index is 0. The lowest BCUT2D eigenvalue weighted by Crippen LogP contribution is -2.13. The van der Waals surface area contributed by atoms with Gasteiger partial charge in [-0.3, -0.25) is 4.79 Å². The smallest absolute Gasteiger partial charge is 0.306 e. The van der Waals surface area contributed by atoms with Crippen molar-refractivity contribution in [1.82, 2.24) is 0 Å². The fraction of sp³-hybridized carbons (Fsp3) is 0.986. The molecule has 0 aromatic carbocycles. The van der Waals surface area contributed by atoms with Gasteiger partial charge in [0.2, 0.25) is 0 Å². The molecule has 0 aromatic heterocycles. The first kappa shape index (κ1) is 76.5. The minimum atomic E-state index is -0.553. The van der Waals surface area contributed by atoms with E-state index >= 15 is 0 Å². The topological polar surface area (TPSA) is 46.5 Å². The molecule has 0 saturated heterocycles. The highest BCUT2D eigenvalue weighted by molar-refractivity contribution is 5.69. The Kier molecular flexibility index (Phi) is 74.9. The highest BCUT2D eigenvalue weighted by atomic mass is 16.5. The summed E-state index contributed by atoms with van der Waals surface area (Å²) in [4.78, 5) is 11.7. The molecule has 0 aromatic rings. The van der Waals surface area contributed by atoms with Gasteiger partial charge >= 0.3 is 5.97 Å². The zero-order chi connectivity index (χ0) is 54.5. The van der Waals surface area contributed by atoms with Crippen LogP contribution in [0, 0.1) is 5.92 Å². The van der Waals surface area contributed by atoms with E-state index in [1.807, 2.05) is 0 Å². The van der Waals surface area contributed by atoms with Gasteiger partial charge in [0.25, 0.3) is 0 Å². The van der Waals surface area contributed by atoms with Gasteiger partial charge < -0.3 is 9.84 Å². The van der Waals surface area contributed by atoms with Crippen molar-refractivity contribution >= 4 is 5.97 Å². The summed E-state index contributed by atoms with van der Waals surface area (Å²) in [7, 11) is 0. The third kappa shape index (κ3) is 73.4. The van der Waals surface area contributed by atoms with Gasteiger partial charge in [0.15, 0.2) is 0 Å². The summed E-state index contributed by atoms with van der Waals surface area (Å²) in [6.07, 6.45) is 88.8. The number of carboxylic acids is 1. The average Bonchev–Trinajstić information content (AvgIpc) is 3.41. The van der Waals surface area contributed by atoms with E-state index in [0.29, 0.717) is 0 Å². The van der Waals surface area contributed by atoms with E-state index in [-0.39, 0.29) is 5.92 Å². The maximum absolute atomic E-state index is 11.7. The lowest BCUT2D eigenvalue weighted by molar-refractivity contribution is -0.142. The molecule has 1 atom stereocenters. The molecule has 1 unspecified atom stereocenters. The van der Waals surface area contributed by atoms with E-state index in [2.05, 4.69) is 27.7 Å². The second kappa shape index (κ2) is 73.4. The normalized spacial score (nSPS) is 11.9. The summed E-state index contributed by atoms with van der Waals surface area (Å²) in [5.74, 6) is -0.652. The van der Waals surface area contributed by atoms with E-state index in [1.54, 1.807) is 0 Å². The van der Waals surface area contributed by atoms with Gasteiger partial charge in [-0.2, -0.15) is 0 Å². The third-order valence-corrected chi connectivity index (χ3v) is 16.9. The number of hydrogen-bond donors (Lipinski definition) is 1. The van der Waals surface area contributed by atoms with Crippen LogP contribution in [0.25, 0.3) is 0 Å². The fourth-order valence-electron chi connectivity index (χ4n) is 11.5. The summed E-state index contributed by atoms with van der Waals surface area (Å²) in [6.45, 7) is 11.2. The van der Waals surface area contributed by atoms with Crippen molar-refractivity contribution < 1.29 is 14.6 Å². The number of hydrogen-bond acceptors (Lipinski definition) is 2. The van der Waals surface area contributed by atoms with E-state index in [0.717, 1.165) is 38.9 Å². The molecule has 0 rings (SSSR count). The van der Waals surface area contributed by atoms with Crippen LogP contribution in [0.2, 0.25) is 0 Å². The van der Waals surface area contributed by atoms with Gasteiger partial charge in [-0.05, 0) is 25.7 Å². The predicted octanol–water partition coefficient (Wildman–Crippen LogP) is 26.7. The summed E-state index contributed by atoms with van der Waals surface area (Å²) in [5.41, 5.74) is 0. The van der Waals surface area contributed by atoms with E-state index in [9.17, 15) is 9.90 Å². The molecule has 0 aliphatic carbocycles. The highest BCUT2D eigenvalue weighted by Gasteiger charge is 2.16. The first-order valence-corrected chi connectivity index (χ1v) is 35.9. The number of ether oxygens (including phenoxy) is 1. The maximum Gasteiger partial charge on any atom is 0.306 e. The van der Waals surface area contributed by atoms with Crippen molar-refractivity contribution in [2.45, 2.75) is 439 Å². The first-order chi connectivity index (χ1) is 37.1. The molecule has 0 saturated carbocycles. The van der Waals surface area contributed by atoms with Gasteiger partial charge in [0.1, 0.15) is 0 Å². The lowest BCUT2D eigenvalue weighted by atomic mass is 9.94. The van der Waals surface area contributed by atoms with Crippen molar-refractivity contribution in [2.24, 2.45) is 5.92 Å². The molecule has 0 amide bonds. The van der Waals surface area contributed by atoms with Crippen LogP contribution in [0.3, 0.4) is 0 Å². The van der Waals surface area contributed by atoms with Gasteiger partial charge in [-0.1, -0.05) is 413 Å². The Bertz CT molecular complexity index is 934. The molecule has 452 valence electrons. The summed E-state index contributed by atoms with van der Waals surface area (Å²) >= 11 is 0. The quantitative estimate of drug-likeness (QED) is 0.0618. The molecule has 1 N–H and O–H groups in total. The Morgan fingerprint density at radius 2 is 0.360 bits per heavy atom. The Morgan fingerprint density at radius 1 is 0.227 bits per heavy atom. The molecule has 0 bridgehead atoms. The van der Waals surface area contributed by atoms with Crippen LogP contribution >= 0.6 is 0 Å². The number of carbonyl (C=O) groups is 1. The van der Waals surface area contributed by atoms with Crippen LogP contribution in [-0.4, -0.2) is 24.3 Å². The number of carboxylic acid groups (broad SMARTS) is 1. The van der Waals surface area contributed by atoms with Crippen molar-refractivity contribution in [3.8, 4) is 0 Å². The van der Waals surface area contributed by atoms with Crippen LogP contribution in [0.1, 0.15) is 439 Å². The van der Waals surface area contributed by atoms with Gasteiger partial charge in [-0.15, -0.1) is 0 Å². The second-order valence-electron chi connectivity index (χ2n) is 24.7. The summed E-state index contributed by atoms with van der Waals surface area (Å²) in [6, 6.07) is 0. The van der Waals surface area contributed by atoms with Crippen LogP contribution in [0.5, 0.6) is 0 Å². The Labute approximate surface area is 476 Å². The lowest BCUT2D eigenvalue weighted by Gasteiger charge is -2.12. The largest absolute Gasteiger partial charge is 0.481 e. The Morgan fingerprint density at radius 3 is 0.507 bits per heavy atom. The minimum Gasteiger partial charge on any atom is -0.481 e. The van der Waals surface area contributed by atoms with Crippen LogP contribution in [0.4, 0.5) is 0 Å². The molecule has 75 heavy (non-hydrogen) atoms. The molecule has 0 radical (unpaired) electrons. The average molecular weight is 1060 g/mol. The molecule has 0 aliphatic rings. The van der Waals surface area contributed by atoms with Gasteiger partial charge in [-0.25, -0.2) is 0 Å².